The predicted octanol–water partition coefficient (Wildman–Crippen LogP) is 3.74. The lowest BCUT2D eigenvalue weighted by Crippen LogP contribution is -2.23. The topological polar surface area (TPSA) is 65.6 Å². The number of aromatic nitrogens is 5. The van der Waals surface area contributed by atoms with Gasteiger partial charge in [0.2, 0.25) is 0 Å². The Bertz CT molecular complexity index is 1210. The van der Waals surface area contributed by atoms with Gasteiger partial charge in [0.05, 0.1) is 22.3 Å². The summed E-state index contributed by atoms with van der Waals surface area (Å²) in [6.07, 6.45) is 4.03. The molecule has 28 heavy (non-hydrogen) atoms. The molecule has 0 N–H and O–H groups in total. The largest absolute Gasteiger partial charge is 0.306 e. The first-order valence-electron chi connectivity index (χ1n) is 8.99. The fraction of sp³-hybridized carbons (Fsp3) is 0.200. The van der Waals surface area contributed by atoms with E-state index in [1.807, 2.05) is 18.2 Å². The first-order valence-corrected chi connectivity index (χ1v) is 9.98. The molecule has 2 aromatic heterocycles. The Hall–Kier alpha value is -3.00. The average molecular weight is 393 g/mol. The molecule has 0 radical (unpaired) electrons. The minimum Gasteiger partial charge on any atom is -0.306 e. The van der Waals surface area contributed by atoms with Gasteiger partial charge in [0.1, 0.15) is 18.0 Å². The molecule has 6 nitrogen and oxygen atoms in total. The SMILES string of the molecule is O=c1c2ccccc2nc(CSc2nncn2C2CC2)n1-c1ccc(F)cc1. The standard InChI is InChI=1S/C20H16FN5OS/c21-13-5-7-15(8-6-13)26-18(23-17-4-2-1-3-16(17)19(26)27)11-28-20-24-22-12-25(20)14-9-10-14/h1-8,12,14H,9-11H2. The normalized spacial score (nSPS) is 13.9. The van der Waals surface area contributed by atoms with Crippen molar-refractivity contribution in [2.45, 2.75) is 29.8 Å². The fourth-order valence-electron chi connectivity index (χ4n) is 3.20. The summed E-state index contributed by atoms with van der Waals surface area (Å²) in [6, 6.07) is 13.6. The summed E-state index contributed by atoms with van der Waals surface area (Å²) in [6.45, 7) is 0. The van der Waals surface area contributed by atoms with Gasteiger partial charge in [-0.15, -0.1) is 10.2 Å². The van der Waals surface area contributed by atoms with Crippen molar-refractivity contribution >= 4 is 22.7 Å². The highest BCUT2D eigenvalue weighted by atomic mass is 32.2. The van der Waals surface area contributed by atoms with Gasteiger partial charge in [0.15, 0.2) is 5.16 Å². The number of para-hydroxylation sites is 1. The van der Waals surface area contributed by atoms with Gasteiger partial charge in [-0.25, -0.2) is 9.37 Å². The minimum atomic E-state index is -0.348. The molecule has 0 amide bonds. The van der Waals surface area contributed by atoms with Gasteiger partial charge >= 0.3 is 0 Å². The molecule has 1 aliphatic rings. The summed E-state index contributed by atoms with van der Waals surface area (Å²) in [5.41, 5.74) is 1.06. The number of benzene rings is 2. The lowest BCUT2D eigenvalue weighted by atomic mass is 10.2. The molecule has 2 aromatic carbocycles. The van der Waals surface area contributed by atoms with Crippen LogP contribution in [0.1, 0.15) is 24.7 Å². The maximum atomic E-state index is 13.4. The molecular weight excluding hydrogens is 377 g/mol. The zero-order valence-electron chi connectivity index (χ0n) is 14.8. The van der Waals surface area contributed by atoms with Crippen LogP contribution in [-0.2, 0) is 5.75 Å². The molecule has 0 unspecified atom stereocenters. The smallest absolute Gasteiger partial charge is 0.265 e. The summed E-state index contributed by atoms with van der Waals surface area (Å²) in [4.78, 5) is 17.9. The second-order valence-corrected chi connectivity index (χ2v) is 7.65. The molecule has 140 valence electrons. The Morgan fingerprint density at radius 3 is 2.68 bits per heavy atom. The molecule has 2 heterocycles. The van der Waals surface area contributed by atoms with Crippen molar-refractivity contribution in [2.75, 3.05) is 0 Å². The number of rotatable bonds is 5. The molecule has 0 bridgehead atoms. The van der Waals surface area contributed by atoms with Gasteiger partial charge in [0.25, 0.3) is 5.56 Å². The van der Waals surface area contributed by atoms with Crippen LogP contribution in [0, 0.1) is 5.82 Å². The number of hydrogen-bond acceptors (Lipinski definition) is 5. The van der Waals surface area contributed by atoms with E-state index < -0.39 is 0 Å². The van der Waals surface area contributed by atoms with Gasteiger partial charge < -0.3 is 4.57 Å². The third kappa shape index (κ3) is 3.09. The van der Waals surface area contributed by atoms with Crippen LogP contribution in [0.3, 0.4) is 0 Å². The predicted molar refractivity (Wildman–Crippen MR) is 105 cm³/mol. The first kappa shape index (κ1) is 17.1. The van der Waals surface area contributed by atoms with Crippen molar-refractivity contribution < 1.29 is 4.39 Å². The summed E-state index contributed by atoms with van der Waals surface area (Å²) in [5, 5.41) is 9.56. The van der Waals surface area contributed by atoms with Gasteiger partial charge in [-0.3, -0.25) is 9.36 Å². The van der Waals surface area contributed by atoms with Crippen molar-refractivity contribution in [3.63, 3.8) is 0 Å². The molecule has 5 rings (SSSR count). The van der Waals surface area contributed by atoms with Crippen molar-refractivity contribution in [2.24, 2.45) is 0 Å². The highest BCUT2D eigenvalue weighted by Gasteiger charge is 2.26. The van der Waals surface area contributed by atoms with Crippen LogP contribution in [0.5, 0.6) is 0 Å². The van der Waals surface area contributed by atoms with Crippen LogP contribution in [0.25, 0.3) is 16.6 Å². The Balaban J connectivity index is 1.59. The summed E-state index contributed by atoms with van der Waals surface area (Å²) < 4.78 is 17.0. The molecule has 1 aliphatic carbocycles. The molecule has 0 saturated heterocycles. The molecule has 4 aromatic rings. The lowest BCUT2D eigenvalue weighted by Gasteiger charge is -2.13. The van der Waals surface area contributed by atoms with Crippen molar-refractivity contribution in [1.82, 2.24) is 24.3 Å². The van der Waals surface area contributed by atoms with Crippen molar-refractivity contribution in [3.05, 3.63) is 76.9 Å². The third-order valence-corrected chi connectivity index (χ3v) is 5.69. The van der Waals surface area contributed by atoms with E-state index >= 15 is 0 Å². The van der Waals surface area contributed by atoms with E-state index in [1.165, 1.54) is 23.9 Å². The number of fused-ring (bicyclic) bond motifs is 1. The number of thioether (sulfide) groups is 1. The Kier molecular flexibility index (Phi) is 4.20. The molecular formula is C20H16FN5OS. The van der Waals surface area contributed by atoms with Crippen molar-refractivity contribution in [3.8, 4) is 5.69 Å². The van der Waals surface area contributed by atoms with E-state index in [0.717, 1.165) is 18.0 Å². The van der Waals surface area contributed by atoms with Crippen LogP contribution >= 0.6 is 11.8 Å². The third-order valence-electron chi connectivity index (χ3n) is 4.74. The zero-order valence-corrected chi connectivity index (χ0v) is 15.6. The molecule has 1 saturated carbocycles. The van der Waals surface area contributed by atoms with E-state index in [-0.39, 0.29) is 11.4 Å². The second kappa shape index (κ2) is 6.87. The number of hydrogen-bond donors (Lipinski definition) is 0. The molecule has 1 fully saturated rings. The maximum absolute atomic E-state index is 13.4. The van der Waals surface area contributed by atoms with Crippen LogP contribution in [0.15, 0.2) is 64.8 Å². The average Bonchev–Trinajstić information content (AvgIpc) is 3.45. The van der Waals surface area contributed by atoms with E-state index in [0.29, 0.717) is 34.2 Å². The van der Waals surface area contributed by atoms with Gasteiger partial charge in [-0.1, -0.05) is 23.9 Å². The molecule has 0 spiro atoms. The monoisotopic (exact) mass is 393 g/mol. The summed E-state index contributed by atoms with van der Waals surface area (Å²) >= 11 is 1.50. The lowest BCUT2D eigenvalue weighted by molar-refractivity contribution is 0.627. The van der Waals surface area contributed by atoms with Gasteiger partial charge in [0, 0.05) is 6.04 Å². The maximum Gasteiger partial charge on any atom is 0.265 e. The van der Waals surface area contributed by atoms with Gasteiger partial charge in [-0.2, -0.15) is 0 Å². The summed E-state index contributed by atoms with van der Waals surface area (Å²) in [5.74, 6) is 0.688. The van der Waals surface area contributed by atoms with E-state index in [1.54, 1.807) is 29.1 Å². The Morgan fingerprint density at radius 2 is 1.89 bits per heavy atom. The molecule has 0 aliphatic heterocycles. The Morgan fingerprint density at radius 1 is 1.11 bits per heavy atom. The van der Waals surface area contributed by atoms with Crippen LogP contribution in [-0.4, -0.2) is 24.3 Å². The highest BCUT2D eigenvalue weighted by molar-refractivity contribution is 7.98. The van der Waals surface area contributed by atoms with Crippen LogP contribution < -0.4 is 5.56 Å². The zero-order chi connectivity index (χ0) is 19.1. The number of halogens is 1. The second-order valence-electron chi connectivity index (χ2n) is 6.70. The van der Waals surface area contributed by atoms with Crippen LogP contribution in [0.4, 0.5) is 4.39 Å². The van der Waals surface area contributed by atoms with E-state index in [2.05, 4.69) is 14.8 Å². The summed E-state index contributed by atoms with van der Waals surface area (Å²) in [7, 11) is 0. The van der Waals surface area contributed by atoms with E-state index in [9.17, 15) is 9.18 Å². The van der Waals surface area contributed by atoms with Crippen LogP contribution in [0.2, 0.25) is 0 Å². The van der Waals surface area contributed by atoms with Gasteiger partial charge in [-0.05, 0) is 49.2 Å². The first-order chi connectivity index (χ1) is 13.7. The molecule has 8 heteroatoms. The quantitative estimate of drug-likeness (QED) is 0.483. The highest BCUT2D eigenvalue weighted by Crippen LogP contribution is 2.37. The van der Waals surface area contributed by atoms with E-state index in [4.69, 9.17) is 4.98 Å². The molecule has 0 atom stereocenters. The Labute approximate surface area is 164 Å². The fourth-order valence-corrected chi connectivity index (χ4v) is 4.10. The van der Waals surface area contributed by atoms with Crippen molar-refractivity contribution in [1.29, 1.82) is 0 Å². The minimum absolute atomic E-state index is 0.170. The number of nitrogens with zero attached hydrogens (tertiary/aromatic N) is 5.